The van der Waals surface area contributed by atoms with Gasteiger partial charge in [0.05, 0.1) is 27.0 Å². The summed E-state index contributed by atoms with van der Waals surface area (Å²) in [6.07, 6.45) is 0. The van der Waals surface area contributed by atoms with Crippen LogP contribution >= 0.6 is 0 Å². The van der Waals surface area contributed by atoms with Gasteiger partial charge in [-0.3, -0.25) is 4.55 Å². The predicted octanol–water partition coefficient (Wildman–Crippen LogP) is 1.27. The molecule has 0 fully saturated rings. The van der Waals surface area contributed by atoms with Crippen molar-refractivity contribution in [2.75, 3.05) is 0 Å². The number of H-pyrrole nitrogens is 1. The van der Waals surface area contributed by atoms with Crippen molar-refractivity contribution in [3.63, 3.8) is 0 Å². The first-order valence-electron chi connectivity index (χ1n) is 6.95. The summed E-state index contributed by atoms with van der Waals surface area (Å²) in [4.78, 5) is 30.0. The molecule has 0 spiro atoms. The van der Waals surface area contributed by atoms with E-state index in [0.717, 1.165) is 6.07 Å². The molecule has 0 aliphatic rings. The molecule has 4 rings (SSSR count). The molecular formula is C15H9N3O6S. The summed E-state index contributed by atoms with van der Waals surface area (Å²) in [5.74, 6) is -1.12. The number of aromatic carboxylic acids is 1. The van der Waals surface area contributed by atoms with Gasteiger partial charge >= 0.3 is 11.7 Å². The molecule has 25 heavy (non-hydrogen) atoms. The van der Waals surface area contributed by atoms with E-state index in [1.807, 2.05) is 0 Å². The van der Waals surface area contributed by atoms with E-state index in [-0.39, 0.29) is 21.6 Å². The monoisotopic (exact) mass is 359 g/mol. The molecule has 0 unspecified atom stereocenters. The highest BCUT2D eigenvalue weighted by Gasteiger charge is 2.16. The van der Waals surface area contributed by atoms with E-state index < -0.39 is 21.8 Å². The van der Waals surface area contributed by atoms with Gasteiger partial charge in [0.15, 0.2) is 5.65 Å². The van der Waals surface area contributed by atoms with Gasteiger partial charge < -0.3 is 10.1 Å². The van der Waals surface area contributed by atoms with Gasteiger partial charge in [0.25, 0.3) is 10.1 Å². The van der Waals surface area contributed by atoms with Crippen molar-refractivity contribution < 1.29 is 22.9 Å². The van der Waals surface area contributed by atoms with Gasteiger partial charge in [0.2, 0.25) is 0 Å². The minimum absolute atomic E-state index is 0.0327. The van der Waals surface area contributed by atoms with Crippen molar-refractivity contribution in [2.24, 2.45) is 0 Å². The highest BCUT2D eigenvalue weighted by atomic mass is 32.2. The van der Waals surface area contributed by atoms with Crippen molar-refractivity contribution in [1.29, 1.82) is 0 Å². The Morgan fingerprint density at radius 2 is 1.92 bits per heavy atom. The van der Waals surface area contributed by atoms with Crippen molar-refractivity contribution in [3.05, 3.63) is 52.4 Å². The maximum absolute atomic E-state index is 12.4. The lowest BCUT2D eigenvalue weighted by atomic mass is 10.2. The van der Waals surface area contributed by atoms with Crippen molar-refractivity contribution in [3.8, 4) is 0 Å². The van der Waals surface area contributed by atoms with Crippen LogP contribution in [0.5, 0.6) is 0 Å². The second kappa shape index (κ2) is 4.88. The Bertz CT molecular complexity index is 1370. The maximum Gasteiger partial charge on any atom is 0.335 e. The number of aromatic amines is 1. The fourth-order valence-electron chi connectivity index (χ4n) is 2.75. The molecule has 0 atom stereocenters. The molecule has 4 aromatic rings. The molecule has 0 radical (unpaired) electrons. The fourth-order valence-corrected chi connectivity index (χ4v) is 3.26. The Balaban J connectivity index is 2.15. The molecule has 0 saturated heterocycles. The van der Waals surface area contributed by atoms with E-state index in [0.29, 0.717) is 16.4 Å². The second-order valence-corrected chi connectivity index (χ2v) is 6.81. The summed E-state index contributed by atoms with van der Waals surface area (Å²) >= 11 is 0. The van der Waals surface area contributed by atoms with Crippen LogP contribution in [0.2, 0.25) is 0 Å². The lowest BCUT2D eigenvalue weighted by molar-refractivity contribution is 0.0697. The molecule has 2 aromatic heterocycles. The van der Waals surface area contributed by atoms with Gasteiger partial charge in [-0.2, -0.15) is 8.42 Å². The molecule has 0 amide bonds. The van der Waals surface area contributed by atoms with Crippen LogP contribution in [0, 0.1) is 0 Å². The third-order valence-corrected chi connectivity index (χ3v) is 4.73. The van der Waals surface area contributed by atoms with Crippen LogP contribution in [0.3, 0.4) is 0 Å². The lowest BCUT2D eigenvalue weighted by Crippen LogP contribution is -2.16. The third kappa shape index (κ3) is 2.27. The zero-order valence-electron chi connectivity index (χ0n) is 12.3. The van der Waals surface area contributed by atoms with E-state index in [4.69, 9.17) is 9.66 Å². The van der Waals surface area contributed by atoms with E-state index in [1.165, 1.54) is 34.7 Å². The zero-order chi connectivity index (χ0) is 17.9. The van der Waals surface area contributed by atoms with Crippen LogP contribution in [0.15, 0.2) is 46.1 Å². The number of aromatic nitrogens is 3. The molecule has 0 aliphatic carbocycles. The Morgan fingerprint density at radius 1 is 1.16 bits per heavy atom. The summed E-state index contributed by atoms with van der Waals surface area (Å²) in [6, 6.07) is 7.93. The van der Waals surface area contributed by atoms with Crippen molar-refractivity contribution in [2.45, 2.75) is 4.90 Å². The number of hydrogen-bond acceptors (Lipinski definition) is 5. The molecule has 3 N–H and O–H groups in total. The summed E-state index contributed by atoms with van der Waals surface area (Å²) in [7, 11) is -4.41. The number of nitrogens with zero attached hydrogens (tertiary/aromatic N) is 2. The molecule has 10 heteroatoms. The number of carboxylic acid groups (broad SMARTS) is 1. The van der Waals surface area contributed by atoms with Crippen LogP contribution in [-0.4, -0.2) is 38.4 Å². The maximum atomic E-state index is 12.4. The number of fused-ring (bicyclic) bond motifs is 5. The molecule has 0 aliphatic heterocycles. The normalized spacial score (nSPS) is 12.2. The smallest absolute Gasteiger partial charge is 0.335 e. The molecule has 0 bridgehead atoms. The SMILES string of the molecule is O=C(O)c1ccc2c(c1)nc1c3ccc(S(=O)(=O)O)cc3[nH]c(=O)n21. The van der Waals surface area contributed by atoms with Gasteiger partial charge in [-0.25, -0.2) is 19.0 Å². The summed E-state index contributed by atoms with van der Waals surface area (Å²) in [5, 5.41) is 9.51. The number of imidazole rings is 1. The van der Waals surface area contributed by atoms with Gasteiger partial charge in [-0.05, 0) is 36.4 Å². The van der Waals surface area contributed by atoms with E-state index >= 15 is 0 Å². The Hall–Kier alpha value is -3.24. The number of nitrogens with one attached hydrogen (secondary N) is 1. The fraction of sp³-hybridized carbons (Fsp3) is 0. The first kappa shape index (κ1) is 15.3. The van der Waals surface area contributed by atoms with Crippen LogP contribution in [0.4, 0.5) is 0 Å². The summed E-state index contributed by atoms with van der Waals surface area (Å²) < 4.78 is 32.9. The molecule has 0 saturated carbocycles. The van der Waals surface area contributed by atoms with E-state index in [9.17, 15) is 18.0 Å². The first-order chi connectivity index (χ1) is 11.8. The third-order valence-electron chi connectivity index (χ3n) is 3.88. The predicted molar refractivity (Wildman–Crippen MR) is 87.6 cm³/mol. The number of hydrogen-bond donors (Lipinski definition) is 3. The van der Waals surface area contributed by atoms with E-state index in [1.54, 1.807) is 0 Å². The topological polar surface area (TPSA) is 142 Å². The van der Waals surface area contributed by atoms with Gasteiger partial charge in [-0.15, -0.1) is 0 Å². The largest absolute Gasteiger partial charge is 0.478 e. The van der Waals surface area contributed by atoms with Crippen LogP contribution in [0.25, 0.3) is 27.6 Å². The Morgan fingerprint density at radius 3 is 2.60 bits per heavy atom. The number of benzene rings is 2. The lowest BCUT2D eigenvalue weighted by Gasteiger charge is -2.03. The van der Waals surface area contributed by atoms with Gasteiger partial charge in [0.1, 0.15) is 0 Å². The Labute approximate surface area is 138 Å². The quantitative estimate of drug-likeness (QED) is 0.458. The highest BCUT2D eigenvalue weighted by Crippen LogP contribution is 2.24. The second-order valence-electron chi connectivity index (χ2n) is 5.39. The minimum Gasteiger partial charge on any atom is -0.478 e. The molecule has 2 heterocycles. The van der Waals surface area contributed by atoms with Gasteiger partial charge in [0, 0.05) is 5.39 Å². The minimum atomic E-state index is -4.41. The average molecular weight is 359 g/mol. The van der Waals surface area contributed by atoms with Crippen molar-refractivity contribution >= 4 is 43.7 Å². The zero-order valence-corrected chi connectivity index (χ0v) is 13.1. The van der Waals surface area contributed by atoms with Crippen LogP contribution < -0.4 is 5.69 Å². The average Bonchev–Trinajstić information content (AvgIpc) is 2.92. The van der Waals surface area contributed by atoms with Gasteiger partial charge in [-0.1, -0.05) is 0 Å². The molecule has 2 aromatic carbocycles. The summed E-state index contributed by atoms with van der Waals surface area (Å²) in [5.41, 5.74) is 0.629. The van der Waals surface area contributed by atoms with Crippen LogP contribution in [-0.2, 0) is 10.1 Å². The number of rotatable bonds is 2. The van der Waals surface area contributed by atoms with Crippen LogP contribution in [0.1, 0.15) is 10.4 Å². The molecule has 9 nitrogen and oxygen atoms in total. The van der Waals surface area contributed by atoms with Crippen molar-refractivity contribution in [1.82, 2.24) is 14.4 Å². The molecule has 126 valence electrons. The number of carbonyl (C=O) groups is 1. The van der Waals surface area contributed by atoms with E-state index in [2.05, 4.69) is 9.97 Å². The Kier molecular flexibility index (Phi) is 2.99. The highest BCUT2D eigenvalue weighted by molar-refractivity contribution is 7.85. The first-order valence-corrected chi connectivity index (χ1v) is 8.39. The standard InChI is InChI=1S/C15H9N3O6S/c19-14(20)7-1-4-12-11(5-7)16-13-9-3-2-8(25(22,23)24)6-10(9)17-15(21)18(12)13/h1-6H,(H,17,21)(H,19,20)(H,22,23,24). The molecular weight excluding hydrogens is 350 g/mol. The summed E-state index contributed by atoms with van der Waals surface area (Å²) in [6.45, 7) is 0. The number of carboxylic acids is 1.